The van der Waals surface area contributed by atoms with Gasteiger partial charge in [-0.1, -0.05) is 25.6 Å². The first-order valence-electron chi connectivity index (χ1n) is 5.34. The monoisotopic (exact) mass is 224 g/mol. The van der Waals surface area contributed by atoms with Gasteiger partial charge in [-0.2, -0.15) is 4.98 Å². The van der Waals surface area contributed by atoms with Gasteiger partial charge in [0, 0.05) is 0 Å². The highest BCUT2D eigenvalue weighted by atomic mass is 16.7. The summed E-state index contributed by atoms with van der Waals surface area (Å²) in [5.74, 6) is 0.196. The zero-order chi connectivity index (χ0) is 11.8. The number of fused-ring (bicyclic) bond motifs is 1. The molecule has 1 aliphatic rings. The summed E-state index contributed by atoms with van der Waals surface area (Å²) in [4.78, 5) is 22.2. The predicted molar refractivity (Wildman–Crippen MR) is 57.7 cm³/mol. The number of carbonyl (C=O) groups excluding carboxylic acids is 1. The fraction of sp³-hybridized carbons (Fsp3) is 0.700. The molecule has 0 spiro atoms. The van der Waals surface area contributed by atoms with Crippen molar-refractivity contribution in [1.29, 1.82) is 0 Å². The lowest BCUT2D eigenvalue weighted by Gasteiger charge is -2.25. The Bertz CT molecular complexity index is 394. The van der Waals surface area contributed by atoms with Gasteiger partial charge in [-0.15, -0.1) is 5.10 Å². The number of anilines is 1. The number of aromatic nitrogens is 3. The molecule has 0 radical (unpaired) electrons. The number of carbonyl (C=O) groups is 1. The van der Waals surface area contributed by atoms with E-state index in [1.165, 1.54) is 11.2 Å². The first-order chi connectivity index (χ1) is 7.46. The molecular weight excluding hydrogens is 208 g/mol. The minimum absolute atomic E-state index is 0.148. The van der Waals surface area contributed by atoms with Crippen LogP contribution in [0.5, 0.6) is 0 Å². The smallest absolute Gasteiger partial charge is 0.270 e. The van der Waals surface area contributed by atoms with Crippen LogP contribution in [0.1, 0.15) is 33.6 Å². The molecule has 1 N–H and O–H groups in total. The summed E-state index contributed by atoms with van der Waals surface area (Å²) in [5, 5.41) is 6.51. The molecule has 6 heteroatoms. The van der Waals surface area contributed by atoms with Gasteiger partial charge < -0.3 is 4.84 Å². The summed E-state index contributed by atoms with van der Waals surface area (Å²) >= 11 is 0. The summed E-state index contributed by atoms with van der Waals surface area (Å²) in [7, 11) is 0. The van der Waals surface area contributed by atoms with Gasteiger partial charge in [-0.25, -0.2) is 0 Å². The number of nitrogens with zero attached hydrogens (tertiary/aromatic N) is 3. The quantitative estimate of drug-likeness (QED) is 0.808. The Morgan fingerprint density at radius 2 is 2.31 bits per heavy atom. The van der Waals surface area contributed by atoms with Crippen LogP contribution in [0.25, 0.3) is 0 Å². The van der Waals surface area contributed by atoms with E-state index in [-0.39, 0.29) is 11.3 Å². The molecule has 1 aliphatic heterocycles. The topological polar surface area (TPSA) is 69.0 Å². The van der Waals surface area contributed by atoms with Crippen LogP contribution in [0, 0.1) is 5.41 Å². The second kappa shape index (κ2) is 3.77. The fourth-order valence-electron chi connectivity index (χ4n) is 1.50. The van der Waals surface area contributed by atoms with Crippen molar-refractivity contribution < 1.29 is 9.63 Å². The highest BCUT2D eigenvalue weighted by Crippen LogP contribution is 2.23. The van der Waals surface area contributed by atoms with Crippen LogP contribution in [-0.2, 0) is 4.79 Å². The summed E-state index contributed by atoms with van der Waals surface area (Å²) in [6.07, 6.45) is 2.46. The predicted octanol–water partition coefficient (Wildman–Crippen LogP) is 0.854. The summed E-state index contributed by atoms with van der Waals surface area (Å²) in [5.41, 5.74) is 0.187. The molecule has 0 bridgehead atoms. The van der Waals surface area contributed by atoms with E-state index in [4.69, 9.17) is 4.84 Å². The average Bonchev–Trinajstić information content (AvgIpc) is 2.59. The standard InChI is InChI=1S/C10H16N4O2/c1-10(2,3)5-4-7-8(15)13-9-11-6-12-14(9)16-7/h6-7H,4-5H2,1-3H3,(H,11,12,13,15). The van der Waals surface area contributed by atoms with Crippen LogP contribution in [-0.4, -0.2) is 26.9 Å². The van der Waals surface area contributed by atoms with Gasteiger partial charge in [0.15, 0.2) is 0 Å². The molecule has 6 nitrogen and oxygen atoms in total. The van der Waals surface area contributed by atoms with E-state index in [1.807, 2.05) is 0 Å². The van der Waals surface area contributed by atoms with Gasteiger partial charge in [-0.05, 0) is 18.3 Å². The van der Waals surface area contributed by atoms with Gasteiger partial charge in [0.25, 0.3) is 11.9 Å². The van der Waals surface area contributed by atoms with E-state index in [0.29, 0.717) is 12.4 Å². The van der Waals surface area contributed by atoms with Crippen LogP contribution < -0.4 is 10.2 Å². The Kier molecular flexibility index (Phi) is 2.57. The first-order valence-corrected chi connectivity index (χ1v) is 5.34. The zero-order valence-corrected chi connectivity index (χ0v) is 9.73. The third-order valence-corrected chi connectivity index (χ3v) is 2.43. The van der Waals surface area contributed by atoms with Crippen molar-refractivity contribution in [2.24, 2.45) is 5.41 Å². The van der Waals surface area contributed by atoms with Gasteiger partial charge in [0.2, 0.25) is 6.10 Å². The Labute approximate surface area is 94.0 Å². The SMILES string of the molecule is CC(C)(C)CCC1On2ncnc2NC1=O. The fourth-order valence-corrected chi connectivity index (χ4v) is 1.50. The first kappa shape index (κ1) is 10.9. The molecule has 1 aromatic rings. The van der Waals surface area contributed by atoms with E-state index in [2.05, 4.69) is 36.2 Å². The van der Waals surface area contributed by atoms with Crippen molar-refractivity contribution in [1.82, 2.24) is 14.9 Å². The van der Waals surface area contributed by atoms with Crippen LogP contribution in [0.4, 0.5) is 5.95 Å². The van der Waals surface area contributed by atoms with Gasteiger partial charge in [-0.3, -0.25) is 10.1 Å². The molecule has 1 unspecified atom stereocenters. The van der Waals surface area contributed by atoms with Crippen molar-refractivity contribution in [2.45, 2.75) is 39.7 Å². The van der Waals surface area contributed by atoms with Crippen LogP contribution in [0.2, 0.25) is 0 Å². The van der Waals surface area contributed by atoms with Gasteiger partial charge in [0.1, 0.15) is 6.33 Å². The molecular formula is C10H16N4O2. The lowest BCUT2D eigenvalue weighted by Crippen LogP contribution is -2.43. The van der Waals surface area contributed by atoms with Gasteiger partial charge >= 0.3 is 0 Å². The molecule has 1 atom stereocenters. The maximum Gasteiger partial charge on any atom is 0.270 e. The van der Waals surface area contributed by atoms with Crippen molar-refractivity contribution in [3.63, 3.8) is 0 Å². The van der Waals surface area contributed by atoms with E-state index < -0.39 is 6.10 Å². The summed E-state index contributed by atoms with van der Waals surface area (Å²) in [6.45, 7) is 6.40. The van der Waals surface area contributed by atoms with E-state index >= 15 is 0 Å². The van der Waals surface area contributed by atoms with Gasteiger partial charge in [0.05, 0.1) is 0 Å². The number of rotatable bonds is 2. The minimum atomic E-state index is -0.478. The number of hydrogen-bond donors (Lipinski definition) is 1. The van der Waals surface area contributed by atoms with E-state index in [9.17, 15) is 4.79 Å². The maximum absolute atomic E-state index is 11.7. The van der Waals surface area contributed by atoms with E-state index in [1.54, 1.807) is 0 Å². The highest BCUT2D eigenvalue weighted by molar-refractivity contribution is 5.93. The van der Waals surface area contributed by atoms with Crippen LogP contribution >= 0.6 is 0 Å². The number of amides is 1. The van der Waals surface area contributed by atoms with E-state index in [0.717, 1.165) is 6.42 Å². The summed E-state index contributed by atoms with van der Waals surface area (Å²) < 4.78 is 0. The average molecular weight is 224 g/mol. The van der Waals surface area contributed by atoms with Crippen LogP contribution in [0.3, 0.4) is 0 Å². The molecule has 0 saturated carbocycles. The lowest BCUT2D eigenvalue weighted by molar-refractivity contribution is -0.132. The Hall–Kier alpha value is -1.59. The molecule has 16 heavy (non-hydrogen) atoms. The Morgan fingerprint density at radius 1 is 1.56 bits per heavy atom. The molecule has 1 aromatic heterocycles. The molecule has 0 fully saturated rings. The van der Waals surface area contributed by atoms with Crippen molar-refractivity contribution in [3.05, 3.63) is 6.33 Å². The molecule has 88 valence electrons. The number of hydrogen-bond acceptors (Lipinski definition) is 4. The molecule has 2 heterocycles. The van der Waals surface area contributed by atoms with Crippen LogP contribution in [0.15, 0.2) is 6.33 Å². The second-order valence-electron chi connectivity index (χ2n) is 5.14. The van der Waals surface area contributed by atoms with Crippen molar-refractivity contribution in [3.8, 4) is 0 Å². The largest absolute Gasteiger partial charge is 0.380 e. The number of nitrogens with one attached hydrogen (secondary N) is 1. The highest BCUT2D eigenvalue weighted by Gasteiger charge is 2.30. The van der Waals surface area contributed by atoms with Crippen molar-refractivity contribution >= 4 is 11.9 Å². The molecule has 0 aromatic carbocycles. The normalized spacial score (nSPS) is 19.9. The maximum atomic E-state index is 11.7. The zero-order valence-electron chi connectivity index (χ0n) is 9.73. The third-order valence-electron chi connectivity index (χ3n) is 2.43. The summed E-state index contributed by atoms with van der Waals surface area (Å²) in [6, 6.07) is 0. The molecule has 1 amide bonds. The molecule has 0 aliphatic carbocycles. The second-order valence-corrected chi connectivity index (χ2v) is 5.14. The minimum Gasteiger partial charge on any atom is -0.380 e. The lowest BCUT2D eigenvalue weighted by atomic mass is 9.89. The Morgan fingerprint density at radius 3 is 3.00 bits per heavy atom. The molecule has 2 rings (SSSR count). The Balaban J connectivity index is 2.00. The molecule has 0 saturated heterocycles. The van der Waals surface area contributed by atoms with Crippen molar-refractivity contribution in [2.75, 3.05) is 5.32 Å². The third kappa shape index (κ3) is 2.32.